The largest absolute Gasteiger partial charge is 0.466 e. The van der Waals surface area contributed by atoms with Crippen LogP contribution in [0, 0.1) is 0 Å². The van der Waals surface area contributed by atoms with Crippen molar-refractivity contribution in [3.8, 4) is 0 Å². The van der Waals surface area contributed by atoms with Gasteiger partial charge in [0.1, 0.15) is 0 Å². The molecule has 0 spiro atoms. The van der Waals surface area contributed by atoms with Crippen molar-refractivity contribution < 1.29 is 24.5 Å². The van der Waals surface area contributed by atoms with Gasteiger partial charge in [-0.3, -0.25) is 9.59 Å². The zero-order valence-electron chi connectivity index (χ0n) is 45.6. The van der Waals surface area contributed by atoms with E-state index in [4.69, 9.17) is 4.74 Å². The molecule has 0 aliphatic heterocycles. The van der Waals surface area contributed by atoms with Crippen LogP contribution in [0.5, 0.6) is 0 Å². The number of ether oxygens (including phenoxy) is 1. The highest BCUT2D eigenvalue weighted by atomic mass is 16.5. The molecule has 2 unspecified atom stereocenters. The average molecular weight is 957 g/mol. The van der Waals surface area contributed by atoms with Gasteiger partial charge in [0.15, 0.2) is 0 Å². The zero-order chi connectivity index (χ0) is 49.3. The molecule has 0 saturated carbocycles. The highest BCUT2D eigenvalue weighted by Crippen LogP contribution is 2.17. The van der Waals surface area contributed by atoms with Gasteiger partial charge >= 0.3 is 5.97 Å². The molecule has 0 bridgehead atoms. The number of hydrogen-bond acceptors (Lipinski definition) is 5. The zero-order valence-corrected chi connectivity index (χ0v) is 45.6. The van der Waals surface area contributed by atoms with Crippen molar-refractivity contribution in [3.63, 3.8) is 0 Å². The fourth-order valence-electron chi connectivity index (χ4n) is 9.25. The first-order valence-corrected chi connectivity index (χ1v) is 30.2. The molecule has 1 amide bonds. The molecule has 0 aromatic heterocycles. The van der Waals surface area contributed by atoms with Crippen molar-refractivity contribution in [1.29, 1.82) is 0 Å². The first-order valence-electron chi connectivity index (χ1n) is 30.2. The van der Waals surface area contributed by atoms with Gasteiger partial charge in [0.05, 0.1) is 25.4 Å². The smallest absolute Gasteiger partial charge is 0.305 e. The minimum atomic E-state index is -0.676. The first kappa shape index (κ1) is 66.1. The Morgan fingerprint density at radius 2 is 0.735 bits per heavy atom. The number of nitrogens with one attached hydrogen (secondary N) is 1. The molecule has 0 aromatic rings. The second kappa shape index (κ2) is 57.7. The third kappa shape index (κ3) is 53.4. The van der Waals surface area contributed by atoms with Gasteiger partial charge in [-0.1, -0.05) is 256 Å². The normalized spacial score (nSPS) is 12.8. The Kier molecular flexibility index (Phi) is 56.0. The molecule has 0 radical (unpaired) electrons. The fourth-order valence-corrected chi connectivity index (χ4v) is 9.25. The Labute approximate surface area is 424 Å². The van der Waals surface area contributed by atoms with Crippen molar-refractivity contribution in [2.45, 2.75) is 334 Å². The number of amides is 1. The Morgan fingerprint density at radius 1 is 0.412 bits per heavy atom. The average Bonchev–Trinajstić information content (AvgIpc) is 3.34. The molecule has 68 heavy (non-hydrogen) atoms. The summed E-state index contributed by atoms with van der Waals surface area (Å²) in [6.07, 6.45) is 71.4. The van der Waals surface area contributed by atoms with Gasteiger partial charge in [0, 0.05) is 12.8 Å². The van der Waals surface area contributed by atoms with Crippen LogP contribution >= 0.6 is 0 Å². The Morgan fingerprint density at radius 3 is 1.13 bits per heavy atom. The number of esters is 1. The lowest BCUT2D eigenvalue weighted by Crippen LogP contribution is -2.45. The molecule has 6 heteroatoms. The molecule has 400 valence electrons. The van der Waals surface area contributed by atoms with Crippen molar-refractivity contribution >= 4 is 11.9 Å². The monoisotopic (exact) mass is 956 g/mol. The van der Waals surface area contributed by atoms with Crippen molar-refractivity contribution in [3.05, 3.63) is 36.5 Å². The summed E-state index contributed by atoms with van der Waals surface area (Å²) in [5, 5.41) is 23.3. The summed E-state index contributed by atoms with van der Waals surface area (Å²) in [6.45, 7) is 4.92. The molecule has 0 fully saturated rings. The summed E-state index contributed by atoms with van der Waals surface area (Å²) in [7, 11) is 0. The van der Waals surface area contributed by atoms with E-state index in [0.29, 0.717) is 25.9 Å². The van der Waals surface area contributed by atoms with Crippen molar-refractivity contribution in [2.24, 2.45) is 0 Å². The number of aliphatic hydroxyl groups excluding tert-OH is 2. The van der Waals surface area contributed by atoms with E-state index in [1.807, 2.05) is 0 Å². The van der Waals surface area contributed by atoms with E-state index < -0.39 is 12.1 Å². The second-order valence-electron chi connectivity index (χ2n) is 20.7. The van der Waals surface area contributed by atoms with E-state index in [9.17, 15) is 19.8 Å². The van der Waals surface area contributed by atoms with Crippen LogP contribution in [-0.2, 0) is 14.3 Å². The van der Waals surface area contributed by atoms with Crippen LogP contribution < -0.4 is 5.32 Å². The van der Waals surface area contributed by atoms with Gasteiger partial charge in [-0.25, -0.2) is 0 Å². The topological polar surface area (TPSA) is 95.9 Å². The van der Waals surface area contributed by atoms with Gasteiger partial charge in [-0.05, 0) is 89.9 Å². The first-order chi connectivity index (χ1) is 33.5. The number of rotatable bonds is 56. The van der Waals surface area contributed by atoms with E-state index in [0.717, 1.165) is 83.5 Å². The maximum atomic E-state index is 12.5. The molecule has 2 atom stereocenters. The molecular formula is C62H117NO5. The minimum absolute atomic E-state index is 0.0186. The molecule has 0 heterocycles. The molecule has 0 aliphatic carbocycles. The summed E-state index contributed by atoms with van der Waals surface area (Å²) < 4.78 is 5.46. The lowest BCUT2D eigenvalue weighted by molar-refractivity contribution is -0.143. The highest BCUT2D eigenvalue weighted by molar-refractivity contribution is 5.76. The van der Waals surface area contributed by atoms with Crippen molar-refractivity contribution in [1.82, 2.24) is 5.32 Å². The third-order valence-electron chi connectivity index (χ3n) is 13.9. The lowest BCUT2D eigenvalue weighted by atomic mass is 10.0. The number of carbonyl (C=O) groups is 2. The van der Waals surface area contributed by atoms with E-state index in [2.05, 4.69) is 55.6 Å². The Balaban J connectivity index is 3.49. The van der Waals surface area contributed by atoms with Gasteiger partial charge < -0.3 is 20.3 Å². The van der Waals surface area contributed by atoms with Gasteiger partial charge in [0.25, 0.3) is 0 Å². The molecular weight excluding hydrogens is 839 g/mol. The number of hydrogen-bond donors (Lipinski definition) is 3. The van der Waals surface area contributed by atoms with Gasteiger partial charge in [-0.2, -0.15) is 0 Å². The van der Waals surface area contributed by atoms with E-state index in [1.165, 1.54) is 205 Å². The van der Waals surface area contributed by atoms with Crippen LogP contribution in [0.1, 0.15) is 322 Å². The summed E-state index contributed by atoms with van der Waals surface area (Å²) in [5.74, 6) is -0.0682. The van der Waals surface area contributed by atoms with Gasteiger partial charge in [-0.15, -0.1) is 0 Å². The maximum absolute atomic E-state index is 12.5. The summed E-state index contributed by atoms with van der Waals surface area (Å²) >= 11 is 0. The van der Waals surface area contributed by atoms with Crippen LogP contribution in [0.2, 0.25) is 0 Å². The quantitative estimate of drug-likeness (QED) is 0.0321. The number of allylic oxidation sites excluding steroid dienone is 6. The van der Waals surface area contributed by atoms with E-state index in [1.54, 1.807) is 0 Å². The van der Waals surface area contributed by atoms with Crippen LogP contribution in [0.25, 0.3) is 0 Å². The minimum Gasteiger partial charge on any atom is -0.466 e. The maximum Gasteiger partial charge on any atom is 0.305 e. The van der Waals surface area contributed by atoms with E-state index in [-0.39, 0.29) is 18.5 Å². The molecule has 0 rings (SSSR count). The second-order valence-corrected chi connectivity index (χ2v) is 20.7. The standard InChI is InChI=1S/C62H117NO5/c1-3-5-7-9-11-13-15-17-19-22-26-30-34-38-42-46-50-54-60(65)59(58-64)63-61(66)55-51-47-43-39-35-31-27-24-21-25-29-33-37-41-45-49-53-57-68-62(67)56-52-48-44-40-36-32-28-23-20-18-16-14-12-10-8-6-4-2/h18,20-21,25,33,37,59-60,64-65H,3-17,19,22-24,26-32,34-36,38-58H2,1-2H3,(H,63,66)/b20-18-,25-21-,37-33-. The van der Waals surface area contributed by atoms with E-state index >= 15 is 0 Å². The molecule has 0 aliphatic rings. The highest BCUT2D eigenvalue weighted by Gasteiger charge is 2.20. The molecule has 3 N–H and O–H groups in total. The predicted octanol–water partition coefficient (Wildman–Crippen LogP) is 18.8. The van der Waals surface area contributed by atoms with Crippen LogP contribution in [0.15, 0.2) is 36.5 Å². The molecule has 0 aromatic carbocycles. The molecule has 0 saturated heterocycles. The summed E-state index contributed by atoms with van der Waals surface area (Å²) in [4.78, 5) is 24.6. The Hall–Kier alpha value is -1.92. The number of carbonyl (C=O) groups excluding carboxylic acids is 2. The summed E-state index contributed by atoms with van der Waals surface area (Å²) in [6, 6.07) is -0.554. The van der Waals surface area contributed by atoms with Crippen molar-refractivity contribution in [2.75, 3.05) is 13.2 Å². The lowest BCUT2D eigenvalue weighted by Gasteiger charge is -2.22. The van der Waals surface area contributed by atoms with Crippen LogP contribution in [0.3, 0.4) is 0 Å². The SMILES string of the molecule is CCCCCCCC/C=C\CCCCCCCCCC(=O)OCCCCC/C=C\C/C=C\CCCCCCCCCC(=O)NC(CO)C(O)CCCCCCCCCCCCCCCCCCC. The summed E-state index contributed by atoms with van der Waals surface area (Å²) in [5.41, 5.74) is 0. The predicted molar refractivity (Wildman–Crippen MR) is 296 cm³/mol. The number of unbranched alkanes of at least 4 members (excludes halogenated alkanes) is 39. The van der Waals surface area contributed by atoms with Crippen LogP contribution in [0.4, 0.5) is 0 Å². The van der Waals surface area contributed by atoms with Crippen LogP contribution in [-0.4, -0.2) is 47.4 Å². The number of aliphatic hydroxyl groups is 2. The third-order valence-corrected chi connectivity index (χ3v) is 13.9. The molecule has 6 nitrogen and oxygen atoms in total. The fraction of sp³-hybridized carbons (Fsp3) is 0.871. The Bertz CT molecular complexity index is 1100. The van der Waals surface area contributed by atoms with Gasteiger partial charge in [0.2, 0.25) is 5.91 Å².